The summed E-state index contributed by atoms with van der Waals surface area (Å²) in [4.78, 5) is 12.3. The van der Waals surface area contributed by atoms with Gasteiger partial charge < -0.3 is 20.7 Å². The van der Waals surface area contributed by atoms with Gasteiger partial charge in [0.25, 0.3) is 0 Å². The topological polar surface area (TPSA) is 109 Å². The Morgan fingerprint density at radius 3 is 2.58 bits per heavy atom. The van der Waals surface area contributed by atoms with E-state index in [4.69, 9.17) is 16.3 Å². The Morgan fingerprint density at radius 1 is 1.18 bits per heavy atom. The van der Waals surface area contributed by atoms with E-state index in [0.717, 1.165) is 18.4 Å². The van der Waals surface area contributed by atoms with Gasteiger partial charge in [0.1, 0.15) is 16.7 Å². The van der Waals surface area contributed by atoms with Gasteiger partial charge in [0.15, 0.2) is 9.84 Å². The lowest BCUT2D eigenvalue weighted by Crippen LogP contribution is -2.63. The summed E-state index contributed by atoms with van der Waals surface area (Å²) in [6.45, 7) is 2.61. The molecule has 2 aromatic carbocycles. The van der Waals surface area contributed by atoms with Crippen LogP contribution >= 0.6 is 11.6 Å². The number of carbonyl (C=O) groups is 1. The summed E-state index contributed by atoms with van der Waals surface area (Å²) in [7, 11) is -3.48. The summed E-state index contributed by atoms with van der Waals surface area (Å²) >= 11 is 6.05. The molecule has 2 aliphatic heterocycles. The molecule has 4 N–H and O–H groups in total. The van der Waals surface area contributed by atoms with Crippen molar-refractivity contribution < 1.29 is 22.3 Å². The van der Waals surface area contributed by atoms with Crippen molar-refractivity contribution in [2.45, 2.75) is 49.1 Å². The number of sulfone groups is 1. The first-order chi connectivity index (χ1) is 18.2. The number of ether oxygens (including phenoxy) is 1. The number of benzene rings is 2. The molecule has 8 nitrogen and oxygen atoms in total. The number of hydrogen-bond acceptors (Lipinski definition) is 7. The normalized spacial score (nSPS) is 21.6. The van der Waals surface area contributed by atoms with Crippen LogP contribution in [0.15, 0.2) is 42.5 Å². The summed E-state index contributed by atoms with van der Waals surface area (Å²) in [5, 5.41) is 13.3. The highest BCUT2D eigenvalue weighted by Crippen LogP contribution is 2.28. The fourth-order valence-electron chi connectivity index (χ4n) is 5.03. The maximum absolute atomic E-state index is 15.2. The van der Waals surface area contributed by atoms with Gasteiger partial charge in [0.2, 0.25) is 5.91 Å². The molecule has 2 saturated heterocycles. The molecule has 2 fully saturated rings. The van der Waals surface area contributed by atoms with Gasteiger partial charge in [-0.05, 0) is 55.5 Å². The van der Waals surface area contributed by atoms with Crippen LogP contribution in [0.4, 0.5) is 10.1 Å². The molecule has 0 unspecified atom stereocenters. The van der Waals surface area contributed by atoms with Crippen LogP contribution in [0.3, 0.4) is 0 Å². The average molecular weight is 567 g/mol. The fraction of sp³-hybridized carbons (Fsp3) is 0.519. The highest BCUT2D eigenvalue weighted by Gasteiger charge is 2.41. The van der Waals surface area contributed by atoms with Crippen LogP contribution in [0.1, 0.15) is 30.4 Å². The zero-order valence-electron chi connectivity index (χ0n) is 21.6. The molecular weight excluding hydrogens is 531 g/mol. The van der Waals surface area contributed by atoms with Gasteiger partial charge >= 0.3 is 0 Å². The minimum Gasteiger partial charge on any atom is -0.381 e. The van der Waals surface area contributed by atoms with E-state index in [2.05, 4.69) is 21.3 Å². The minimum atomic E-state index is -3.48. The zero-order valence-corrected chi connectivity index (χ0v) is 23.1. The van der Waals surface area contributed by atoms with Gasteiger partial charge in [0, 0.05) is 67.8 Å². The van der Waals surface area contributed by atoms with Crippen molar-refractivity contribution >= 4 is 33.0 Å². The molecule has 0 aromatic heterocycles. The van der Waals surface area contributed by atoms with Gasteiger partial charge in [-0.1, -0.05) is 29.8 Å². The van der Waals surface area contributed by atoms with Gasteiger partial charge in [-0.25, -0.2) is 12.8 Å². The molecule has 0 spiro atoms. The second-order valence-electron chi connectivity index (χ2n) is 10.1. The number of piperazine rings is 1. The molecule has 0 radical (unpaired) electrons. The lowest BCUT2D eigenvalue weighted by atomic mass is 9.99. The van der Waals surface area contributed by atoms with E-state index in [-0.39, 0.29) is 31.3 Å². The largest absolute Gasteiger partial charge is 0.381 e. The number of anilines is 1. The second-order valence-corrected chi connectivity index (χ2v) is 12.8. The first-order valence-electron chi connectivity index (χ1n) is 13.0. The number of halogens is 2. The lowest BCUT2D eigenvalue weighted by molar-refractivity contribution is -0.123. The zero-order chi connectivity index (χ0) is 27.2. The van der Waals surface area contributed by atoms with E-state index in [1.54, 1.807) is 24.3 Å². The molecule has 0 bridgehead atoms. The SMILES string of the molecule is CS(=O)(=O)[C@@]1(CCc2c(F)cccc2N[C@@H](Cc2ccc(Cl)cc2)C(=O)NC2CCOCC2)CNCCN1. The predicted molar refractivity (Wildman–Crippen MR) is 148 cm³/mol. The van der Waals surface area contributed by atoms with Crippen molar-refractivity contribution in [3.05, 3.63) is 64.4 Å². The van der Waals surface area contributed by atoms with Crippen LogP contribution in [0.5, 0.6) is 0 Å². The summed E-state index contributed by atoms with van der Waals surface area (Å²) in [6, 6.07) is 11.3. The van der Waals surface area contributed by atoms with E-state index in [0.29, 0.717) is 49.0 Å². The molecule has 2 heterocycles. The quantitative estimate of drug-likeness (QED) is 0.350. The van der Waals surface area contributed by atoms with Gasteiger partial charge in [-0.3, -0.25) is 10.1 Å². The van der Waals surface area contributed by atoms with Crippen molar-refractivity contribution in [3.63, 3.8) is 0 Å². The predicted octanol–water partition coefficient (Wildman–Crippen LogP) is 2.66. The van der Waals surface area contributed by atoms with Crippen LogP contribution in [0.2, 0.25) is 5.02 Å². The lowest BCUT2D eigenvalue weighted by Gasteiger charge is -2.37. The molecule has 4 rings (SSSR count). The van der Waals surface area contributed by atoms with Crippen LogP contribution in [0, 0.1) is 5.82 Å². The molecule has 208 valence electrons. The standard InChI is InChI=1S/C27H36ClFN4O4S/c1-38(35,36)27(18-30-13-14-31-27)12-9-22-23(29)3-2-4-24(22)33-25(17-19-5-7-20(28)8-6-19)26(34)32-21-10-15-37-16-11-21/h2-8,21,25,30-31,33H,9-18H2,1H3,(H,32,34)/t25-,27-/m0/s1. The molecule has 2 aliphatic rings. The van der Waals surface area contributed by atoms with Crippen molar-refractivity contribution in [2.24, 2.45) is 0 Å². The molecule has 1 amide bonds. The summed E-state index contributed by atoms with van der Waals surface area (Å²) in [5.41, 5.74) is 1.72. The van der Waals surface area contributed by atoms with Crippen LogP contribution in [-0.4, -0.2) is 70.4 Å². The Morgan fingerprint density at radius 2 is 1.92 bits per heavy atom. The maximum Gasteiger partial charge on any atom is 0.243 e. The van der Waals surface area contributed by atoms with E-state index in [9.17, 15) is 13.2 Å². The monoisotopic (exact) mass is 566 g/mol. The van der Waals surface area contributed by atoms with E-state index in [1.807, 2.05) is 12.1 Å². The number of rotatable bonds is 10. The van der Waals surface area contributed by atoms with Gasteiger partial charge in [-0.2, -0.15) is 0 Å². The summed E-state index contributed by atoms with van der Waals surface area (Å²) in [5.74, 6) is -0.634. The van der Waals surface area contributed by atoms with Crippen molar-refractivity contribution in [1.29, 1.82) is 0 Å². The van der Waals surface area contributed by atoms with E-state index >= 15 is 4.39 Å². The maximum atomic E-state index is 15.2. The summed E-state index contributed by atoms with van der Waals surface area (Å²) < 4.78 is 46.0. The highest BCUT2D eigenvalue weighted by atomic mass is 35.5. The Bertz CT molecular complexity index is 1200. The Kier molecular flexibility index (Phi) is 9.64. The molecule has 2 aromatic rings. The van der Waals surface area contributed by atoms with E-state index in [1.165, 1.54) is 12.3 Å². The number of amides is 1. The van der Waals surface area contributed by atoms with Crippen molar-refractivity contribution in [2.75, 3.05) is 44.4 Å². The number of carbonyl (C=O) groups excluding carboxylic acids is 1. The molecule has 2 atom stereocenters. The van der Waals surface area contributed by atoms with E-state index < -0.39 is 26.6 Å². The third kappa shape index (κ3) is 7.24. The minimum absolute atomic E-state index is 0.0113. The molecule has 38 heavy (non-hydrogen) atoms. The Labute approximate surface area is 229 Å². The Balaban J connectivity index is 1.57. The molecule has 0 aliphatic carbocycles. The smallest absolute Gasteiger partial charge is 0.243 e. The third-order valence-electron chi connectivity index (χ3n) is 7.33. The van der Waals surface area contributed by atoms with Crippen LogP contribution in [-0.2, 0) is 32.2 Å². The van der Waals surface area contributed by atoms with Gasteiger partial charge in [0.05, 0.1) is 0 Å². The molecule has 11 heteroatoms. The highest BCUT2D eigenvalue weighted by molar-refractivity contribution is 7.92. The van der Waals surface area contributed by atoms with Crippen molar-refractivity contribution in [1.82, 2.24) is 16.0 Å². The summed E-state index contributed by atoms with van der Waals surface area (Å²) in [6.07, 6.45) is 3.40. The van der Waals surface area contributed by atoms with Gasteiger partial charge in [-0.15, -0.1) is 0 Å². The molecule has 0 saturated carbocycles. The number of nitrogens with one attached hydrogen (secondary N) is 4. The average Bonchev–Trinajstić information content (AvgIpc) is 2.89. The van der Waals surface area contributed by atoms with Crippen molar-refractivity contribution in [3.8, 4) is 0 Å². The van der Waals surface area contributed by atoms with Crippen LogP contribution < -0.4 is 21.3 Å². The fourth-order valence-corrected chi connectivity index (χ4v) is 6.35. The second kappa shape index (κ2) is 12.7. The third-order valence-corrected chi connectivity index (χ3v) is 9.50. The Hall–Kier alpha value is -2.24. The number of hydrogen-bond donors (Lipinski definition) is 4. The van der Waals surface area contributed by atoms with Crippen LogP contribution in [0.25, 0.3) is 0 Å². The first kappa shape index (κ1) is 28.8. The molecular formula is C27H36ClFN4O4S. The first-order valence-corrected chi connectivity index (χ1v) is 15.3.